The van der Waals surface area contributed by atoms with Gasteiger partial charge in [-0.1, -0.05) is 41.9 Å². The molecule has 3 aromatic carbocycles. The number of rotatable bonds is 5. The van der Waals surface area contributed by atoms with Crippen molar-refractivity contribution in [2.75, 3.05) is 7.11 Å². The Morgan fingerprint density at radius 3 is 2.55 bits per heavy atom. The van der Waals surface area contributed by atoms with E-state index in [1.807, 2.05) is 6.07 Å². The number of allylic oxidation sites excluding steroid dienone is 1. The molecule has 0 saturated carbocycles. The van der Waals surface area contributed by atoms with Crippen LogP contribution in [0.4, 0.5) is 4.39 Å². The number of nitrogens with zero attached hydrogens (tertiary/aromatic N) is 1. The molecule has 3 aromatic rings. The summed E-state index contributed by atoms with van der Waals surface area (Å²) in [7, 11) is 1.43. The quantitative estimate of drug-likeness (QED) is 0.233. The molecule has 0 aliphatic heterocycles. The van der Waals surface area contributed by atoms with Crippen molar-refractivity contribution in [3.05, 3.63) is 94.3 Å². The van der Waals surface area contributed by atoms with Crippen LogP contribution in [0.5, 0.6) is 11.5 Å². The average Bonchev–Trinajstić information content (AvgIpc) is 2.73. The van der Waals surface area contributed by atoms with Gasteiger partial charge in [-0.25, -0.2) is 9.18 Å². The number of carbonyl (C=O) groups excluding carboxylic acids is 1. The van der Waals surface area contributed by atoms with E-state index in [-0.39, 0.29) is 16.9 Å². The van der Waals surface area contributed by atoms with Gasteiger partial charge in [0.25, 0.3) is 0 Å². The molecule has 0 radical (unpaired) electrons. The van der Waals surface area contributed by atoms with Crippen molar-refractivity contribution in [2.45, 2.75) is 0 Å². The summed E-state index contributed by atoms with van der Waals surface area (Å²) in [5.74, 6) is -0.573. The van der Waals surface area contributed by atoms with Gasteiger partial charge in [-0.05, 0) is 48.0 Å². The molecule has 144 valence electrons. The molecular formula is C23H15ClFNO3. The zero-order chi connectivity index (χ0) is 20.8. The van der Waals surface area contributed by atoms with Crippen LogP contribution >= 0.6 is 11.6 Å². The fourth-order valence-electron chi connectivity index (χ4n) is 2.65. The minimum atomic E-state index is -0.585. The van der Waals surface area contributed by atoms with Gasteiger partial charge in [0.2, 0.25) is 0 Å². The second-order valence-electron chi connectivity index (χ2n) is 5.96. The topological polar surface area (TPSA) is 59.3 Å². The fourth-order valence-corrected chi connectivity index (χ4v) is 2.84. The zero-order valence-electron chi connectivity index (χ0n) is 15.4. The van der Waals surface area contributed by atoms with Crippen LogP contribution in [0, 0.1) is 17.1 Å². The third-order valence-corrected chi connectivity index (χ3v) is 4.28. The number of halogens is 2. The van der Waals surface area contributed by atoms with Crippen molar-refractivity contribution < 1.29 is 18.7 Å². The molecule has 0 aliphatic rings. The number of ether oxygens (including phenoxy) is 2. The van der Waals surface area contributed by atoms with Gasteiger partial charge in [0, 0.05) is 10.6 Å². The Balaban J connectivity index is 1.90. The highest BCUT2D eigenvalue weighted by Crippen LogP contribution is 2.31. The maximum absolute atomic E-state index is 14.0. The van der Waals surface area contributed by atoms with Gasteiger partial charge in [-0.15, -0.1) is 0 Å². The Morgan fingerprint density at radius 1 is 1.07 bits per heavy atom. The normalized spacial score (nSPS) is 10.9. The SMILES string of the molecule is COc1cc(/C=C(/C#N)c2ccccc2F)ccc1OC(=O)c1cccc(Cl)c1. The van der Waals surface area contributed by atoms with Crippen molar-refractivity contribution >= 4 is 29.2 Å². The van der Waals surface area contributed by atoms with E-state index in [9.17, 15) is 14.4 Å². The van der Waals surface area contributed by atoms with Crippen LogP contribution in [0.2, 0.25) is 5.02 Å². The molecule has 0 spiro atoms. The van der Waals surface area contributed by atoms with Crippen molar-refractivity contribution in [1.82, 2.24) is 0 Å². The minimum Gasteiger partial charge on any atom is -0.493 e. The second-order valence-corrected chi connectivity index (χ2v) is 6.40. The highest BCUT2D eigenvalue weighted by Gasteiger charge is 2.14. The van der Waals surface area contributed by atoms with E-state index in [0.29, 0.717) is 21.9 Å². The lowest BCUT2D eigenvalue weighted by atomic mass is 10.0. The standard InChI is InChI=1S/C23H15ClFNO3/c1-28-22-12-15(11-17(14-26)19-7-2-3-8-20(19)25)9-10-21(22)29-23(27)16-5-4-6-18(24)13-16/h2-13H,1H3/b17-11-. The van der Waals surface area contributed by atoms with Crippen molar-refractivity contribution in [2.24, 2.45) is 0 Å². The molecule has 0 aromatic heterocycles. The molecular weight excluding hydrogens is 393 g/mol. The summed E-state index contributed by atoms with van der Waals surface area (Å²) in [4.78, 5) is 12.3. The Hall–Kier alpha value is -3.62. The molecule has 0 saturated heterocycles. The number of benzene rings is 3. The number of esters is 1. The van der Waals surface area contributed by atoms with Crippen LogP contribution in [0.25, 0.3) is 11.6 Å². The number of carbonyl (C=O) groups is 1. The predicted octanol–water partition coefficient (Wildman–Crippen LogP) is 5.77. The lowest BCUT2D eigenvalue weighted by Gasteiger charge is -2.10. The van der Waals surface area contributed by atoms with Crippen LogP contribution in [0.1, 0.15) is 21.5 Å². The Bertz CT molecular complexity index is 1130. The van der Waals surface area contributed by atoms with E-state index in [1.54, 1.807) is 48.5 Å². The lowest BCUT2D eigenvalue weighted by molar-refractivity contribution is 0.0729. The van der Waals surface area contributed by atoms with Gasteiger partial charge >= 0.3 is 5.97 Å². The van der Waals surface area contributed by atoms with Gasteiger partial charge in [-0.3, -0.25) is 0 Å². The van der Waals surface area contributed by atoms with Crippen LogP contribution in [-0.2, 0) is 0 Å². The summed E-state index contributed by atoms with van der Waals surface area (Å²) in [6, 6.07) is 19.2. The maximum Gasteiger partial charge on any atom is 0.343 e. The van der Waals surface area contributed by atoms with Crippen LogP contribution in [0.15, 0.2) is 66.7 Å². The molecule has 0 unspecified atom stereocenters. The highest BCUT2D eigenvalue weighted by molar-refractivity contribution is 6.30. The van der Waals surface area contributed by atoms with Crippen LogP contribution < -0.4 is 9.47 Å². The summed E-state index contributed by atoms with van der Waals surface area (Å²) in [6.07, 6.45) is 1.53. The van der Waals surface area contributed by atoms with Gasteiger partial charge in [0.1, 0.15) is 5.82 Å². The summed E-state index contributed by atoms with van der Waals surface area (Å²) in [5.41, 5.74) is 1.25. The number of hydrogen-bond donors (Lipinski definition) is 0. The number of hydrogen-bond acceptors (Lipinski definition) is 4. The van der Waals surface area contributed by atoms with Crippen molar-refractivity contribution in [3.63, 3.8) is 0 Å². The lowest BCUT2D eigenvalue weighted by Crippen LogP contribution is -2.09. The Kier molecular flexibility index (Phi) is 6.28. The molecule has 29 heavy (non-hydrogen) atoms. The van der Waals surface area contributed by atoms with Crippen molar-refractivity contribution in [3.8, 4) is 17.6 Å². The first-order chi connectivity index (χ1) is 14.0. The van der Waals surface area contributed by atoms with E-state index >= 15 is 0 Å². The fraction of sp³-hybridized carbons (Fsp3) is 0.0435. The first kappa shape index (κ1) is 20.1. The zero-order valence-corrected chi connectivity index (χ0v) is 16.1. The summed E-state index contributed by atoms with van der Waals surface area (Å²) < 4.78 is 24.7. The van der Waals surface area contributed by atoms with Gasteiger partial charge in [0.15, 0.2) is 11.5 Å². The molecule has 0 aliphatic carbocycles. The number of methoxy groups -OCH3 is 1. The Labute approximate surface area is 172 Å². The Morgan fingerprint density at radius 2 is 1.86 bits per heavy atom. The first-order valence-corrected chi connectivity index (χ1v) is 8.92. The third-order valence-electron chi connectivity index (χ3n) is 4.05. The molecule has 0 bridgehead atoms. The summed E-state index contributed by atoms with van der Waals surface area (Å²) in [5, 5.41) is 9.84. The summed E-state index contributed by atoms with van der Waals surface area (Å²) in [6.45, 7) is 0. The molecule has 0 fully saturated rings. The molecule has 3 rings (SSSR count). The molecule has 0 N–H and O–H groups in total. The van der Waals surface area contributed by atoms with E-state index < -0.39 is 11.8 Å². The van der Waals surface area contributed by atoms with E-state index in [0.717, 1.165) is 0 Å². The number of nitriles is 1. The average molecular weight is 408 g/mol. The van der Waals surface area contributed by atoms with Crippen LogP contribution in [-0.4, -0.2) is 13.1 Å². The van der Waals surface area contributed by atoms with E-state index in [2.05, 4.69) is 0 Å². The van der Waals surface area contributed by atoms with E-state index in [4.69, 9.17) is 21.1 Å². The third kappa shape index (κ3) is 4.81. The minimum absolute atomic E-state index is 0.161. The monoisotopic (exact) mass is 407 g/mol. The molecule has 0 amide bonds. The molecule has 4 nitrogen and oxygen atoms in total. The van der Waals surface area contributed by atoms with Gasteiger partial charge in [-0.2, -0.15) is 5.26 Å². The maximum atomic E-state index is 14.0. The largest absolute Gasteiger partial charge is 0.493 e. The first-order valence-electron chi connectivity index (χ1n) is 8.54. The van der Waals surface area contributed by atoms with Gasteiger partial charge < -0.3 is 9.47 Å². The van der Waals surface area contributed by atoms with Crippen LogP contribution in [0.3, 0.4) is 0 Å². The van der Waals surface area contributed by atoms with Gasteiger partial charge in [0.05, 0.1) is 24.3 Å². The van der Waals surface area contributed by atoms with E-state index in [1.165, 1.54) is 31.4 Å². The molecule has 0 atom stereocenters. The smallest absolute Gasteiger partial charge is 0.343 e. The van der Waals surface area contributed by atoms with Crippen molar-refractivity contribution in [1.29, 1.82) is 5.26 Å². The predicted molar refractivity (Wildman–Crippen MR) is 109 cm³/mol. The second kappa shape index (κ2) is 9.05. The molecule has 6 heteroatoms. The highest BCUT2D eigenvalue weighted by atomic mass is 35.5. The molecule has 0 heterocycles. The summed E-state index contributed by atoms with van der Waals surface area (Å²) >= 11 is 5.90.